The lowest BCUT2D eigenvalue weighted by Gasteiger charge is -2.26. The summed E-state index contributed by atoms with van der Waals surface area (Å²) in [5, 5.41) is 9.73. The highest BCUT2D eigenvalue weighted by Gasteiger charge is 2.13. The summed E-state index contributed by atoms with van der Waals surface area (Å²) in [6, 6.07) is 15.0. The minimum atomic E-state index is -0.279. The Bertz CT molecular complexity index is 1120. The highest BCUT2D eigenvalue weighted by Crippen LogP contribution is 2.22. The van der Waals surface area contributed by atoms with Crippen LogP contribution >= 0.6 is 0 Å². The van der Waals surface area contributed by atoms with Crippen molar-refractivity contribution in [2.24, 2.45) is 0 Å². The summed E-state index contributed by atoms with van der Waals surface area (Å²) in [4.78, 5) is 26.3. The van der Waals surface area contributed by atoms with E-state index in [1.165, 1.54) is 6.92 Å². The molecule has 33 heavy (non-hydrogen) atoms. The van der Waals surface area contributed by atoms with Gasteiger partial charge in [0.15, 0.2) is 0 Å². The molecule has 8 nitrogen and oxygen atoms in total. The number of ether oxygens (including phenoxy) is 1. The van der Waals surface area contributed by atoms with Crippen molar-refractivity contribution in [1.82, 2.24) is 14.8 Å². The fraction of sp³-hybridized carbons (Fsp3) is 0.360. The summed E-state index contributed by atoms with van der Waals surface area (Å²) in [6.45, 7) is 8.88. The van der Waals surface area contributed by atoms with E-state index in [9.17, 15) is 9.59 Å². The van der Waals surface area contributed by atoms with Gasteiger partial charge in [-0.3, -0.25) is 9.69 Å². The fourth-order valence-electron chi connectivity index (χ4n) is 4.08. The Kier molecular flexibility index (Phi) is 7.26. The number of anilines is 2. The van der Waals surface area contributed by atoms with Crippen LogP contribution in [0.25, 0.3) is 10.9 Å². The number of nitrogens with one attached hydrogen (secondary N) is 3. The second-order valence-electron chi connectivity index (χ2n) is 8.36. The Hall–Kier alpha value is -3.36. The van der Waals surface area contributed by atoms with Crippen LogP contribution in [-0.4, -0.2) is 54.3 Å². The zero-order valence-corrected chi connectivity index (χ0v) is 19.1. The largest absolute Gasteiger partial charge is 0.379 e. The Balaban J connectivity index is 1.34. The van der Waals surface area contributed by atoms with Gasteiger partial charge in [-0.25, -0.2) is 4.79 Å². The van der Waals surface area contributed by atoms with Crippen molar-refractivity contribution in [3.8, 4) is 0 Å². The second-order valence-corrected chi connectivity index (χ2v) is 8.36. The van der Waals surface area contributed by atoms with Crippen molar-refractivity contribution in [1.29, 1.82) is 0 Å². The number of rotatable bonds is 7. The first-order chi connectivity index (χ1) is 16.0. The standard InChI is InChI=1S/C25H31N5O3/c1-18(20-4-3-5-22(16-20)27-19(2)31)26-25(32)28-23-6-7-24-21(17-23)8-9-30(24)11-10-29-12-14-33-15-13-29/h3-9,16-18H,10-15H2,1-2H3,(H,27,31)(H2,26,28,32). The van der Waals surface area contributed by atoms with Crippen LogP contribution in [0.2, 0.25) is 0 Å². The normalized spacial score (nSPS) is 15.2. The maximum atomic E-state index is 12.6. The highest BCUT2D eigenvalue weighted by molar-refractivity contribution is 5.93. The van der Waals surface area contributed by atoms with E-state index in [1.807, 2.05) is 49.4 Å². The number of benzene rings is 2. The maximum absolute atomic E-state index is 12.6. The molecule has 2 heterocycles. The predicted molar refractivity (Wildman–Crippen MR) is 131 cm³/mol. The maximum Gasteiger partial charge on any atom is 0.319 e. The van der Waals surface area contributed by atoms with Crippen LogP contribution in [0.4, 0.5) is 16.2 Å². The number of carbonyl (C=O) groups is 2. The molecule has 1 atom stereocenters. The van der Waals surface area contributed by atoms with Gasteiger partial charge < -0.3 is 25.3 Å². The van der Waals surface area contributed by atoms with E-state index < -0.39 is 0 Å². The van der Waals surface area contributed by atoms with Crippen molar-refractivity contribution in [3.63, 3.8) is 0 Å². The molecular weight excluding hydrogens is 418 g/mol. The lowest BCUT2D eigenvalue weighted by atomic mass is 10.1. The smallest absolute Gasteiger partial charge is 0.319 e. The summed E-state index contributed by atoms with van der Waals surface area (Å²) < 4.78 is 7.67. The van der Waals surface area contributed by atoms with Gasteiger partial charge in [-0.05, 0) is 48.9 Å². The van der Waals surface area contributed by atoms with Crippen molar-refractivity contribution in [2.75, 3.05) is 43.5 Å². The molecule has 0 bridgehead atoms. The van der Waals surface area contributed by atoms with Crippen LogP contribution in [0.5, 0.6) is 0 Å². The van der Waals surface area contributed by atoms with Gasteiger partial charge in [0.2, 0.25) is 5.91 Å². The SMILES string of the molecule is CC(=O)Nc1cccc(C(C)NC(=O)Nc2ccc3c(ccn3CCN3CCOCC3)c2)c1. The van der Waals surface area contributed by atoms with Crippen LogP contribution in [-0.2, 0) is 16.1 Å². The van der Waals surface area contributed by atoms with E-state index in [-0.39, 0.29) is 18.0 Å². The molecular formula is C25H31N5O3. The fourth-order valence-corrected chi connectivity index (χ4v) is 4.08. The molecule has 0 spiro atoms. The molecule has 3 amide bonds. The molecule has 0 radical (unpaired) electrons. The Morgan fingerprint density at radius 2 is 1.79 bits per heavy atom. The van der Waals surface area contributed by atoms with Crippen LogP contribution in [0.15, 0.2) is 54.7 Å². The number of amides is 3. The van der Waals surface area contributed by atoms with Gasteiger partial charge in [0.1, 0.15) is 0 Å². The monoisotopic (exact) mass is 449 g/mol. The first kappa shape index (κ1) is 22.8. The van der Waals surface area contributed by atoms with Crippen LogP contribution < -0.4 is 16.0 Å². The average Bonchev–Trinajstić information content (AvgIpc) is 3.20. The molecule has 1 aliphatic rings. The van der Waals surface area contributed by atoms with Crippen molar-refractivity contribution in [2.45, 2.75) is 26.4 Å². The zero-order chi connectivity index (χ0) is 23.2. The van der Waals surface area contributed by atoms with Crippen molar-refractivity contribution >= 4 is 34.2 Å². The summed E-state index contributed by atoms with van der Waals surface area (Å²) >= 11 is 0. The number of urea groups is 1. The van der Waals surface area contributed by atoms with Crippen LogP contribution in [0.1, 0.15) is 25.5 Å². The molecule has 8 heteroatoms. The zero-order valence-electron chi connectivity index (χ0n) is 19.1. The first-order valence-electron chi connectivity index (χ1n) is 11.3. The van der Waals surface area contributed by atoms with E-state index in [2.05, 4.69) is 37.7 Å². The summed E-state index contributed by atoms with van der Waals surface area (Å²) in [5.74, 6) is -0.129. The summed E-state index contributed by atoms with van der Waals surface area (Å²) in [5.41, 5.74) is 3.50. The van der Waals surface area contributed by atoms with Gasteiger partial charge in [0, 0.05) is 61.6 Å². The lowest BCUT2D eigenvalue weighted by Crippen LogP contribution is -2.38. The van der Waals surface area contributed by atoms with Gasteiger partial charge in [0.05, 0.1) is 19.3 Å². The van der Waals surface area contributed by atoms with Gasteiger partial charge in [0.25, 0.3) is 0 Å². The second kappa shape index (κ2) is 10.5. The van der Waals surface area contributed by atoms with E-state index in [1.54, 1.807) is 0 Å². The number of morpholine rings is 1. The summed E-state index contributed by atoms with van der Waals surface area (Å²) in [7, 11) is 0. The lowest BCUT2D eigenvalue weighted by molar-refractivity contribution is -0.114. The number of carbonyl (C=O) groups excluding carboxylic acids is 2. The number of hydrogen-bond donors (Lipinski definition) is 3. The Morgan fingerprint density at radius 3 is 2.58 bits per heavy atom. The summed E-state index contributed by atoms with van der Waals surface area (Å²) in [6.07, 6.45) is 2.10. The van der Waals surface area contributed by atoms with Gasteiger partial charge in [-0.1, -0.05) is 12.1 Å². The minimum absolute atomic E-state index is 0.129. The third-order valence-corrected chi connectivity index (χ3v) is 5.84. The molecule has 3 N–H and O–H groups in total. The number of nitrogens with zero attached hydrogens (tertiary/aromatic N) is 2. The predicted octanol–water partition coefficient (Wildman–Crippen LogP) is 3.81. The Labute approximate surface area is 193 Å². The Morgan fingerprint density at radius 1 is 1.00 bits per heavy atom. The molecule has 3 aromatic rings. The average molecular weight is 450 g/mol. The third kappa shape index (κ3) is 6.12. The van der Waals surface area contributed by atoms with Crippen LogP contribution in [0.3, 0.4) is 0 Å². The molecule has 2 aromatic carbocycles. The molecule has 1 saturated heterocycles. The van der Waals surface area contributed by atoms with Crippen LogP contribution in [0, 0.1) is 0 Å². The molecule has 1 fully saturated rings. The quantitative estimate of drug-likeness (QED) is 0.512. The van der Waals surface area contributed by atoms with E-state index >= 15 is 0 Å². The topological polar surface area (TPSA) is 87.6 Å². The van der Waals surface area contributed by atoms with Gasteiger partial charge in [-0.15, -0.1) is 0 Å². The molecule has 1 unspecified atom stereocenters. The molecule has 174 valence electrons. The highest BCUT2D eigenvalue weighted by atomic mass is 16.5. The minimum Gasteiger partial charge on any atom is -0.379 e. The molecule has 0 aliphatic carbocycles. The van der Waals surface area contributed by atoms with Crippen molar-refractivity contribution < 1.29 is 14.3 Å². The van der Waals surface area contributed by atoms with Gasteiger partial charge in [-0.2, -0.15) is 0 Å². The van der Waals surface area contributed by atoms with Gasteiger partial charge >= 0.3 is 6.03 Å². The van der Waals surface area contributed by atoms with E-state index in [4.69, 9.17) is 4.74 Å². The van der Waals surface area contributed by atoms with Crippen molar-refractivity contribution in [3.05, 3.63) is 60.3 Å². The molecule has 4 rings (SSSR count). The number of aromatic nitrogens is 1. The first-order valence-corrected chi connectivity index (χ1v) is 11.3. The third-order valence-electron chi connectivity index (χ3n) is 5.84. The van der Waals surface area contributed by atoms with E-state index in [0.29, 0.717) is 5.69 Å². The van der Waals surface area contributed by atoms with E-state index in [0.717, 1.165) is 61.5 Å². The number of hydrogen-bond acceptors (Lipinski definition) is 4. The number of fused-ring (bicyclic) bond motifs is 1. The molecule has 0 saturated carbocycles. The molecule has 1 aliphatic heterocycles. The molecule has 1 aromatic heterocycles.